The monoisotopic (exact) mass is 390 g/mol. The van der Waals surface area contributed by atoms with Crippen LogP contribution in [0.5, 0.6) is 5.75 Å². The summed E-state index contributed by atoms with van der Waals surface area (Å²) in [7, 11) is 0. The van der Waals surface area contributed by atoms with Gasteiger partial charge in [0.15, 0.2) is 0 Å². The molecule has 0 unspecified atom stereocenters. The minimum absolute atomic E-state index is 0.0486. The Bertz CT molecular complexity index is 912. The normalized spacial score (nSPS) is 10.6. The molecule has 3 aromatic rings. The number of nitrogens with one attached hydrogen (secondary N) is 1. The molecule has 0 aliphatic heterocycles. The van der Waals surface area contributed by atoms with Gasteiger partial charge >= 0.3 is 0 Å². The SMILES string of the molecule is Cc1ccc(OCc2nc(CC(=O)Nc3cc(Cl)ccc3F)cs2)cc1. The molecule has 26 heavy (non-hydrogen) atoms. The smallest absolute Gasteiger partial charge is 0.230 e. The van der Waals surface area contributed by atoms with E-state index in [1.54, 1.807) is 5.38 Å². The number of nitrogens with zero attached hydrogens (tertiary/aromatic N) is 1. The first-order chi connectivity index (χ1) is 12.5. The molecule has 3 rings (SSSR count). The lowest BCUT2D eigenvalue weighted by Crippen LogP contribution is -2.15. The van der Waals surface area contributed by atoms with Crippen LogP contribution < -0.4 is 10.1 Å². The van der Waals surface area contributed by atoms with Crippen LogP contribution in [0.1, 0.15) is 16.3 Å². The molecular weight excluding hydrogens is 375 g/mol. The number of ether oxygens (including phenoxy) is 1. The number of amides is 1. The van der Waals surface area contributed by atoms with Gasteiger partial charge < -0.3 is 10.1 Å². The molecule has 1 aromatic heterocycles. The van der Waals surface area contributed by atoms with Crippen molar-refractivity contribution in [2.45, 2.75) is 20.0 Å². The predicted molar refractivity (Wildman–Crippen MR) is 101 cm³/mol. The molecule has 2 aromatic carbocycles. The second-order valence-electron chi connectivity index (χ2n) is 5.68. The van der Waals surface area contributed by atoms with Crippen LogP contribution >= 0.6 is 22.9 Å². The number of aryl methyl sites for hydroxylation is 1. The van der Waals surface area contributed by atoms with E-state index in [9.17, 15) is 9.18 Å². The van der Waals surface area contributed by atoms with E-state index < -0.39 is 5.82 Å². The zero-order valence-electron chi connectivity index (χ0n) is 14.0. The molecule has 7 heteroatoms. The second kappa shape index (κ2) is 8.29. The van der Waals surface area contributed by atoms with Crippen molar-refractivity contribution in [3.63, 3.8) is 0 Å². The molecular formula is C19H16ClFN2O2S. The van der Waals surface area contributed by atoms with Crippen LogP contribution in [0.3, 0.4) is 0 Å². The number of carbonyl (C=O) groups is 1. The number of hydrogen-bond donors (Lipinski definition) is 1. The highest BCUT2D eigenvalue weighted by Gasteiger charge is 2.11. The van der Waals surface area contributed by atoms with Gasteiger partial charge in [-0.15, -0.1) is 11.3 Å². The minimum Gasteiger partial charge on any atom is -0.486 e. The van der Waals surface area contributed by atoms with E-state index in [4.69, 9.17) is 16.3 Å². The summed E-state index contributed by atoms with van der Waals surface area (Å²) < 4.78 is 19.3. The highest BCUT2D eigenvalue weighted by atomic mass is 35.5. The zero-order valence-corrected chi connectivity index (χ0v) is 15.5. The van der Waals surface area contributed by atoms with Crippen LogP contribution in [0.2, 0.25) is 5.02 Å². The maximum atomic E-state index is 13.7. The Morgan fingerprint density at radius 1 is 1.27 bits per heavy atom. The van der Waals surface area contributed by atoms with Crippen molar-refractivity contribution in [3.8, 4) is 5.75 Å². The van der Waals surface area contributed by atoms with Gasteiger partial charge in [0.05, 0.1) is 17.8 Å². The van der Waals surface area contributed by atoms with Crippen LogP contribution in [0.15, 0.2) is 47.8 Å². The van der Waals surface area contributed by atoms with Crippen LogP contribution in [-0.2, 0) is 17.8 Å². The maximum Gasteiger partial charge on any atom is 0.230 e. The number of hydrogen-bond acceptors (Lipinski definition) is 4. The lowest BCUT2D eigenvalue weighted by atomic mass is 10.2. The zero-order chi connectivity index (χ0) is 18.5. The molecule has 0 fully saturated rings. The van der Waals surface area contributed by atoms with E-state index >= 15 is 0 Å². The van der Waals surface area contributed by atoms with Crippen molar-refractivity contribution in [1.82, 2.24) is 4.98 Å². The fraction of sp³-hybridized carbons (Fsp3) is 0.158. The molecule has 1 amide bonds. The van der Waals surface area contributed by atoms with Crippen LogP contribution in [-0.4, -0.2) is 10.9 Å². The van der Waals surface area contributed by atoms with Crippen LogP contribution in [0, 0.1) is 12.7 Å². The van der Waals surface area contributed by atoms with Gasteiger partial charge in [-0.2, -0.15) is 0 Å². The number of halogens is 2. The molecule has 0 aliphatic carbocycles. The first-order valence-electron chi connectivity index (χ1n) is 7.87. The molecule has 1 N–H and O–H groups in total. The first-order valence-corrected chi connectivity index (χ1v) is 9.13. The number of carbonyl (C=O) groups excluding carboxylic acids is 1. The lowest BCUT2D eigenvalue weighted by Gasteiger charge is -2.06. The summed E-state index contributed by atoms with van der Waals surface area (Å²) in [4.78, 5) is 16.5. The van der Waals surface area contributed by atoms with E-state index in [2.05, 4.69) is 10.3 Å². The average Bonchev–Trinajstić information content (AvgIpc) is 3.05. The Labute approximate surface area is 159 Å². The molecule has 134 valence electrons. The summed E-state index contributed by atoms with van der Waals surface area (Å²) >= 11 is 7.23. The van der Waals surface area contributed by atoms with Crippen molar-refractivity contribution >= 4 is 34.5 Å². The Kier molecular flexibility index (Phi) is 5.85. The third kappa shape index (κ3) is 5.03. The number of rotatable bonds is 6. The van der Waals surface area contributed by atoms with Crippen molar-refractivity contribution in [1.29, 1.82) is 0 Å². The lowest BCUT2D eigenvalue weighted by molar-refractivity contribution is -0.115. The van der Waals surface area contributed by atoms with Crippen LogP contribution in [0.4, 0.5) is 10.1 Å². The molecule has 0 radical (unpaired) electrons. The van der Waals surface area contributed by atoms with E-state index in [0.717, 1.165) is 16.3 Å². The van der Waals surface area contributed by atoms with Gasteiger partial charge in [0.2, 0.25) is 5.91 Å². The summed E-state index contributed by atoms with van der Waals surface area (Å²) in [6.07, 6.45) is 0.0486. The molecule has 0 saturated carbocycles. The van der Waals surface area contributed by atoms with Gasteiger partial charge in [-0.1, -0.05) is 29.3 Å². The number of aromatic nitrogens is 1. The summed E-state index contributed by atoms with van der Waals surface area (Å²) in [6, 6.07) is 11.8. The first kappa shape index (κ1) is 18.4. The highest BCUT2D eigenvalue weighted by molar-refractivity contribution is 7.09. The molecule has 0 spiro atoms. The molecule has 1 heterocycles. The van der Waals surface area contributed by atoms with Gasteiger partial charge in [0.1, 0.15) is 23.2 Å². The fourth-order valence-electron chi connectivity index (χ4n) is 2.23. The predicted octanol–water partition coefficient (Wildman–Crippen LogP) is 5.00. The number of benzene rings is 2. The van der Waals surface area contributed by atoms with Gasteiger partial charge in [0, 0.05) is 10.4 Å². The van der Waals surface area contributed by atoms with Crippen molar-refractivity contribution in [2.75, 3.05) is 5.32 Å². The third-order valence-electron chi connectivity index (χ3n) is 3.53. The molecule has 0 atom stereocenters. The Balaban J connectivity index is 1.55. The number of anilines is 1. The van der Waals surface area contributed by atoms with E-state index in [1.807, 2.05) is 31.2 Å². The Morgan fingerprint density at radius 2 is 2.04 bits per heavy atom. The average molecular weight is 391 g/mol. The summed E-state index contributed by atoms with van der Waals surface area (Å²) in [5.41, 5.74) is 1.83. The standard InChI is InChI=1S/C19H16ClFN2O2S/c1-12-2-5-15(6-3-12)25-10-19-22-14(11-26-19)9-18(24)23-17-8-13(20)4-7-16(17)21/h2-8,11H,9-10H2,1H3,(H,23,24). The summed E-state index contributed by atoms with van der Waals surface area (Å²) in [5, 5.41) is 5.42. The van der Waals surface area contributed by atoms with Gasteiger partial charge in [-0.3, -0.25) is 4.79 Å². The van der Waals surface area contributed by atoms with Crippen molar-refractivity contribution in [3.05, 3.63) is 74.9 Å². The third-order valence-corrected chi connectivity index (χ3v) is 4.63. The van der Waals surface area contributed by atoms with E-state index in [-0.39, 0.29) is 18.0 Å². The molecule has 0 bridgehead atoms. The van der Waals surface area contributed by atoms with Gasteiger partial charge in [-0.25, -0.2) is 9.37 Å². The summed E-state index contributed by atoms with van der Waals surface area (Å²) in [5.74, 6) is -0.128. The molecule has 0 aliphatic rings. The Morgan fingerprint density at radius 3 is 2.81 bits per heavy atom. The minimum atomic E-state index is -0.534. The number of thiazole rings is 1. The van der Waals surface area contributed by atoms with Gasteiger partial charge in [-0.05, 0) is 37.3 Å². The highest BCUT2D eigenvalue weighted by Crippen LogP contribution is 2.20. The topological polar surface area (TPSA) is 51.2 Å². The van der Waals surface area contributed by atoms with E-state index in [1.165, 1.54) is 29.5 Å². The molecule has 0 saturated heterocycles. The van der Waals surface area contributed by atoms with Gasteiger partial charge in [0.25, 0.3) is 0 Å². The van der Waals surface area contributed by atoms with Crippen molar-refractivity contribution in [2.24, 2.45) is 0 Å². The van der Waals surface area contributed by atoms with Crippen LogP contribution in [0.25, 0.3) is 0 Å². The summed E-state index contributed by atoms with van der Waals surface area (Å²) in [6.45, 7) is 2.34. The quantitative estimate of drug-likeness (QED) is 0.644. The van der Waals surface area contributed by atoms with E-state index in [0.29, 0.717) is 17.3 Å². The molecule has 4 nitrogen and oxygen atoms in total. The maximum absolute atomic E-state index is 13.7. The Hall–Kier alpha value is -2.44. The largest absolute Gasteiger partial charge is 0.486 e. The van der Waals surface area contributed by atoms with Crippen molar-refractivity contribution < 1.29 is 13.9 Å². The fourth-order valence-corrected chi connectivity index (χ4v) is 3.11. The second-order valence-corrected chi connectivity index (χ2v) is 7.06.